The molecule has 6 heteroatoms. The zero-order chi connectivity index (χ0) is 15.2. The fourth-order valence-corrected chi connectivity index (χ4v) is 1.95. The molecule has 0 saturated heterocycles. The number of nitrogens with two attached hydrogens (primary N) is 1. The summed E-state index contributed by atoms with van der Waals surface area (Å²) >= 11 is 6.02. The molecule has 0 atom stereocenters. The predicted molar refractivity (Wildman–Crippen MR) is 101 cm³/mol. The van der Waals surface area contributed by atoms with Gasteiger partial charge in [0.05, 0.1) is 6.61 Å². The predicted octanol–water partition coefficient (Wildman–Crippen LogP) is 3.60. The highest BCUT2D eigenvalue weighted by Gasteiger charge is 2.09. The summed E-state index contributed by atoms with van der Waals surface area (Å²) in [6.07, 6.45) is 0.739. The van der Waals surface area contributed by atoms with Crippen molar-refractivity contribution < 1.29 is 4.74 Å². The molecule has 4 nitrogen and oxygen atoms in total. The first-order valence-electron chi connectivity index (χ1n) is 6.81. The van der Waals surface area contributed by atoms with Crippen LogP contribution < -0.4 is 15.8 Å². The Labute approximate surface area is 149 Å². The number of aliphatic imine (C=N–C) groups is 1. The molecule has 1 aromatic rings. The van der Waals surface area contributed by atoms with Gasteiger partial charge in [0.1, 0.15) is 5.75 Å². The molecule has 21 heavy (non-hydrogen) atoms. The molecule has 0 aliphatic heterocycles. The van der Waals surface area contributed by atoms with Crippen molar-refractivity contribution in [3.63, 3.8) is 0 Å². The van der Waals surface area contributed by atoms with Gasteiger partial charge in [-0.2, -0.15) is 0 Å². The molecule has 0 aliphatic carbocycles. The molecule has 0 radical (unpaired) electrons. The largest absolute Gasteiger partial charge is 0.494 e. The molecule has 0 saturated carbocycles. The Bertz CT molecular complexity index is 472. The van der Waals surface area contributed by atoms with Crippen LogP contribution in [0.2, 0.25) is 5.02 Å². The summed E-state index contributed by atoms with van der Waals surface area (Å²) < 4.78 is 5.58. The monoisotopic (exact) mass is 425 g/mol. The molecule has 0 spiro atoms. The highest BCUT2D eigenvalue weighted by Crippen LogP contribution is 2.23. The number of nitrogens with zero attached hydrogens (tertiary/aromatic N) is 1. The van der Waals surface area contributed by atoms with Crippen molar-refractivity contribution in [1.82, 2.24) is 5.32 Å². The molecule has 0 aromatic heterocycles. The van der Waals surface area contributed by atoms with E-state index in [0.29, 0.717) is 24.1 Å². The van der Waals surface area contributed by atoms with Gasteiger partial charge in [-0.1, -0.05) is 11.6 Å². The molecule has 0 unspecified atom stereocenters. The van der Waals surface area contributed by atoms with Gasteiger partial charge < -0.3 is 15.8 Å². The zero-order valence-corrected chi connectivity index (χ0v) is 16.2. The van der Waals surface area contributed by atoms with Crippen LogP contribution in [0.25, 0.3) is 0 Å². The van der Waals surface area contributed by atoms with E-state index in [0.717, 1.165) is 17.7 Å². The summed E-state index contributed by atoms with van der Waals surface area (Å²) in [5.41, 5.74) is 6.80. The smallest absolute Gasteiger partial charge is 0.188 e. The molecule has 0 heterocycles. The molecular formula is C15H25ClIN3O. The lowest BCUT2D eigenvalue weighted by Crippen LogP contribution is -2.45. The fraction of sp³-hybridized carbons (Fsp3) is 0.533. The lowest BCUT2D eigenvalue weighted by molar-refractivity contribution is 0.336. The molecule has 0 fully saturated rings. The third kappa shape index (κ3) is 8.36. The van der Waals surface area contributed by atoms with Crippen LogP contribution in [0.5, 0.6) is 5.75 Å². The van der Waals surface area contributed by atoms with Gasteiger partial charge in [0.15, 0.2) is 5.96 Å². The van der Waals surface area contributed by atoms with E-state index in [1.807, 2.05) is 45.9 Å². The Kier molecular flexibility index (Phi) is 9.04. The maximum absolute atomic E-state index is 6.02. The Morgan fingerprint density at radius 3 is 2.62 bits per heavy atom. The quantitative estimate of drug-likeness (QED) is 0.430. The average molecular weight is 426 g/mol. The molecule has 3 N–H and O–H groups in total. The Balaban J connectivity index is 0.00000400. The number of hydrogen-bond acceptors (Lipinski definition) is 2. The number of rotatable bonds is 5. The number of halogens is 2. The summed E-state index contributed by atoms with van der Waals surface area (Å²) in [6, 6.07) is 5.63. The minimum absolute atomic E-state index is 0. The summed E-state index contributed by atoms with van der Waals surface area (Å²) in [7, 11) is 0. The Hall–Kier alpha value is -0.690. The average Bonchev–Trinajstić information content (AvgIpc) is 2.30. The first-order chi connectivity index (χ1) is 9.31. The van der Waals surface area contributed by atoms with Crippen LogP contribution in [0, 0.1) is 0 Å². The van der Waals surface area contributed by atoms with Crippen molar-refractivity contribution in [2.24, 2.45) is 10.7 Å². The summed E-state index contributed by atoms with van der Waals surface area (Å²) in [4.78, 5) is 4.32. The molecule has 0 amide bonds. The lowest BCUT2D eigenvalue weighted by atomic mass is 10.1. The second-order valence-electron chi connectivity index (χ2n) is 5.58. The van der Waals surface area contributed by atoms with Gasteiger partial charge in [0.25, 0.3) is 0 Å². The molecule has 1 aromatic carbocycles. The normalized spacial score (nSPS) is 11.8. The Morgan fingerprint density at radius 2 is 2.05 bits per heavy atom. The second-order valence-corrected chi connectivity index (χ2v) is 6.01. The third-order valence-electron chi connectivity index (χ3n) is 2.49. The van der Waals surface area contributed by atoms with Crippen molar-refractivity contribution in [3.8, 4) is 5.75 Å². The van der Waals surface area contributed by atoms with Gasteiger partial charge >= 0.3 is 0 Å². The van der Waals surface area contributed by atoms with E-state index in [1.54, 1.807) is 0 Å². The third-order valence-corrected chi connectivity index (χ3v) is 2.72. The standard InChI is InChI=1S/C15H24ClN3O.HI/c1-5-20-13-7-6-12(16)10-11(13)8-9-18-14(17)19-15(2,3)4;/h6-7,10H,5,8-9H2,1-4H3,(H3,17,18,19);1H. The number of guanidine groups is 1. The lowest BCUT2D eigenvalue weighted by Gasteiger charge is -2.21. The zero-order valence-electron chi connectivity index (χ0n) is 13.1. The maximum Gasteiger partial charge on any atom is 0.188 e. The topological polar surface area (TPSA) is 59.6 Å². The van der Waals surface area contributed by atoms with E-state index >= 15 is 0 Å². The maximum atomic E-state index is 6.02. The van der Waals surface area contributed by atoms with Gasteiger partial charge in [0, 0.05) is 17.1 Å². The first-order valence-corrected chi connectivity index (χ1v) is 7.19. The van der Waals surface area contributed by atoms with Crippen molar-refractivity contribution in [2.45, 2.75) is 39.7 Å². The van der Waals surface area contributed by atoms with Crippen LogP contribution >= 0.6 is 35.6 Å². The van der Waals surface area contributed by atoms with Crippen molar-refractivity contribution in [1.29, 1.82) is 0 Å². The van der Waals surface area contributed by atoms with Crippen LogP contribution in [0.4, 0.5) is 0 Å². The summed E-state index contributed by atoms with van der Waals surface area (Å²) in [6.45, 7) is 9.31. The van der Waals surface area contributed by atoms with E-state index in [2.05, 4.69) is 10.3 Å². The van der Waals surface area contributed by atoms with E-state index in [1.165, 1.54) is 0 Å². The molecule has 120 valence electrons. The van der Waals surface area contributed by atoms with Gasteiger partial charge in [-0.3, -0.25) is 4.99 Å². The first kappa shape index (κ1) is 20.3. The SMILES string of the molecule is CCOc1ccc(Cl)cc1CCN=C(N)NC(C)(C)C.I. The minimum atomic E-state index is -0.0832. The Morgan fingerprint density at radius 1 is 1.38 bits per heavy atom. The van der Waals surface area contributed by atoms with Crippen LogP contribution in [-0.4, -0.2) is 24.7 Å². The van der Waals surface area contributed by atoms with Gasteiger partial charge in [-0.25, -0.2) is 0 Å². The van der Waals surface area contributed by atoms with Gasteiger partial charge in [0.2, 0.25) is 0 Å². The van der Waals surface area contributed by atoms with Gasteiger partial charge in [-0.05, 0) is 57.9 Å². The van der Waals surface area contributed by atoms with E-state index < -0.39 is 0 Å². The van der Waals surface area contributed by atoms with Crippen molar-refractivity contribution in [2.75, 3.05) is 13.2 Å². The van der Waals surface area contributed by atoms with E-state index in [-0.39, 0.29) is 29.5 Å². The highest BCUT2D eigenvalue weighted by atomic mass is 127. The van der Waals surface area contributed by atoms with Crippen molar-refractivity contribution >= 4 is 41.5 Å². The van der Waals surface area contributed by atoms with E-state index in [9.17, 15) is 0 Å². The minimum Gasteiger partial charge on any atom is -0.494 e. The second kappa shape index (κ2) is 9.35. The van der Waals surface area contributed by atoms with Crippen LogP contribution in [0.15, 0.2) is 23.2 Å². The summed E-state index contributed by atoms with van der Waals surface area (Å²) in [5, 5.41) is 3.83. The van der Waals surface area contributed by atoms with Crippen LogP contribution in [0.3, 0.4) is 0 Å². The number of hydrogen-bond donors (Lipinski definition) is 2. The molecule has 0 bridgehead atoms. The van der Waals surface area contributed by atoms with Crippen molar-refractivity contribution in [3.05, 3.63) is 28.8 Å². The molecular weight excluding hydrogens is 401 g/mol. The molecule has 1 rings (SSSR count). The molecule has 0 aliphatic rings. The van der Waals surface area contributed by atoms with Crippen LogP contribution in [0.1, 0.15) is 33.3 Å². The number of nitrogens with one attached hydrogen (secondary N) is 1. The highest BCUT2D eigenvalue weighted by molar-refractivity contribution is 14.0. The number of benzene rings is 1. The van der Waals surface area contributed by atoms with Crippen LogP contribution in [-0.2, 0) is 6.42 Å². The summed E-state index contributed by atoms with van der Waals surface area (Å²) in [5.74, 6) is 1.31. The van der Waals surface area contributed by atoms with E-state index in [4.69, 9.17) is 22.1 Å². The fourth-order valence-electron chi connectivity index (χ4n) is 1.76. The van der Waals surface area contributed by atoms with Gasteiger partial charge in [-0.15, -0.1) is 24.0 Å². The number of ether oxygens (including phenoxy) is 1.